The quantitative estimate of drug-likeness (QED) is 0.392. The maximum Gasteiger partial charge on any atom is 0.326 e. The molecule has 0 bridgehead atoms. The molecule has 0 saturated heterocycles. The summed E-state index contributed by atoms with van der Waals surface area (Å²) in [6.07, 6.45) is 0.134. The van der Waals surface area contributed by atoms with E-state index < -0.39 is 35.7 Å². The van der Waals surface area contributed by atoms with E-state index in [2.05, 4.69) is 10.6 Å². The van der Waals surface area contributed by atoms with Crippen LogP contribution in [-0.4, -0.2) is 35.0 Å². The van der Waals surface area contributed by atoms with Gasteiger partial charge in [0.25, 0.3) is 0 Å². The minimum absolute atomic E-state index is 0.0450. The topological polar surface area (TPSA) is 105 Å². The van der Waals surface area contributed by atoms with E-state index >= 15 is 0 Å². The maximum atomic E-state index is 13.2. The number of halogens is 1. The number of aliphatic carboxylic acids is 1. The molecule has 2 amide bonds. The van der Waals surface area contributed by atoms with Crippen molar-refractivity contribution in [1.82, 2.24) is 10.6 Å². The lowest BCUT2D eigenvalue weighted by Gasteiger charge is -2.21. The molecule has 3 rings (SSSR count). The van der Waals surface area contributed by atoms with E-state index in [-0.39, 0.29) is 12.8 Å². The monoisotopic (exact) mass is 478 g/mol. The minimum Gasteiger partial charge on any atom is -0.489 e. The van der Waals surface area contributed by atoms with Gasteiger partial charge in [-0.05, 0) is 41.0 Å². The number of hydrogen-bond acceptors (Lipinski definition) is 4. The van der Waals surface area contributed by atoms with Crippen LogP contribution in [0.2, 0.25) is 0 Å². The predicted molar refractivity (Wildman–Crippen MR) is 128 cm³/mol. The first-order chi connectivity index (χ1) is 16.8. The normalized spacial score (nSPS) is 12.3. The lowest BCUT2D eigenvalue weighted by molar-refractivity contribution is -0.142. The summed E-state index contributed by atoms with van der Waals surface area (Å²) in [6.45, 7) is 1.67. The predicted octanol–water partition coefficient (Wildman–Crippen LogP) is 3.26. The van der Waals surface area contributed by atoms with Gasteiger partial charge in [0.05, 0.1) is 0 Å². The van der Waals surface area contributed by atoms with Gasteiger partial charge in [-0.1, -0.05) is 54.6 Å². The first-order valence-electron chi connectivity index (χ1n) is 11.1. The van der Waals surface area contributed by atoms with Gasteiger partial charge >= 0.3 is 5.97 Å². The van der Waals surface area contributed by atoms with Gasteiger partial charge in [-0.25, -0.2) is 9.18 Å². The lowest BCUT2D eigenvalue weighted by Crippen LogP contribution is -2.52. The van der Waals surface area contributed by atoms with Gasteiger partial charge in [0, 0.05) is 19.8 Å². The highest BCUT2D eigenvalue weighted by Crippen LogP contribution is 2.16. The van der Waals surface area contributed by atoms with Crippen molar-refractivity contribution in [3.63, 3.8) is 0 Å². The van der Waals surface area contributed by atoms with Crippen LogP contribution in [0.3, 0.4) is 0 Å². The smallest absolute Gasteiger partial charge is 0.326 e. The molecule has 7 nitrogen and oxygen atoms in total. The molecule has 3 aromatic carbocycles. The average molecular weight is 479 g/mol. The van der Waals surface area contributed by atoms with Gasteiger partial charge < -0.3 is 20.5 Å². The zero-order chi connectivity index (χ0) is 25.2. The Kier molecular flexibility index (Phi) is 8.95. The Morgan fingerprint density at radius 3 is 1.94 bits per heavy atom. The summed E-state index contributed by atoms with van der Waals surface area (Å²) in [5, 5.41) is 14.7. The SMILES string of the molecule is CC(=O)N[C@@H](Cc1ccc(F)cc1)C(=O)N[C@H](Cc1ccc(OCc2ccccc2)cc1)C(=O)O. The summed E-state index contributed by atoms with van der Waals surface area (Å²) in [4.78, 5) is 36.3. The van der Waals surface area contributed by atoms with E-state index in [0.29, 0.717) is 23.5 Å². The Balaban J connectivity index is 1.62. The van der Waals surface area contributed by atoms with Crippen LogP contribution < -0.4 is 15.4 Å². The number of ether oxygens (including phenoxy) is 1. The summed E-state index contributed by atoms with van der Waals surface area (Å²) in [6, 6.07) is 20.0. The molecule has 0 aromatic heterocycles. The van der Waals surface area contributed by atoms with Crippen molar-refractivity contribution in [2.75, 3.05) is 0 Å². The zero-order valence-electron chi connectivity index (χ0n) is 19.2. The molecule has 8 heteroatoms. The first kappa shape index (κ1) is 25.4. The van der Waals surface area contributed by atoms with Crippen molar-refractivity contribution in [2.24, 2.45) is 0 Å². The third-order valence-corrected chi connectivity index (χ3v) is 5.27. The number of carbonyl (C=O) groups is 3. The van der Waals surface area contributed by atoms with E-state index in [4.69, 9.17) is 4.74 Å². The number of carboxylic acids is 1. The standard InChI is InChI=1S/C27H27FN2O5/c1-18(31)29-24(15-19-7-11-22(28)12-8-19)26(32)30-25(27(33)34)16-20-9-13-23(14-10-20)35-17-21-5-3-2-4-6-21/h2-14,24-25H,15-17H2,1H3,(H,29,31)(H,30,32)(H,33,34)/t24-,25+/m0/s1. The van der Waals surface area contributed by atoms with Crippen LogP contribution in [-0.2, 0) is 33.8 Å². The largest absolute Gasteiger partial charge is 0.489 e. The number of hydrogen-bond donors (Lipinski definition) is 3. The molecule has 0 saturated carbocycles. The molecule has 2 atom stereocenters. The van der Waals surface area contributed by atoms with Crippen molar-refractivity contribution in [2.45, 2.75) is 38.5 Å². The van der Waals surface area contributed by atoms with E-state index in [1.807, 2.05) is 30.3 Å². The second-order valence-electron chi connectivity index (χ2n) is 8.11. The molecule has 35 heavy (non-hydrogen) atoms. The van der Waals surface area contributed by atoms with Crippen LogP contribution >= 0.6 is 0 Å². The molecule has 0 aliphatic carbocycles. The van der Waals surface area contributed by atoms with Crippen molar-refractivity contribution >= 4 is 17.8 Å². The minimum atomic E-state index is -1.21. The van der Waals surface area contributed by atoms with Crippen molar-refractivity contribution in [1.29, 1.82) is 0 Å². The number of amides is 2. The summed E-state index contributed by atoms with van der Waals surface area (Å²) in [7, 11) is 0. The van der Waals surface area contributed by atoms with Gasteiger partial charge in [0.2, 0.25) is 11.8 Å². The number of nitrogens with one attached hydrogen (secondary N) is 2. The van der Waals surface area contributed by atoms with Crippen LogP contribution in [0.4, 0.5) is 4.39 Å². The van der Waals surface area contributed by atoms with Gasteiger partial charge in [0.1, 0.15) is 30.3 Å². The second kappa shape index (κ2) is 12.3. The molecule has 0 fully saturated rings. The molecule has 3 N–H and O–H groups in total. The van der Waals surface area contributed by atoms with E-state index in [9.17, 15) is 23.9 Å². The third kappa shape index (κ3) is 8.26. The highest BCUT2D eigenvalue weighted by atomic mass is 19.1. The van der Waals surface area contributed by atoms with Gasteiger partial charge in [0.15, 0.2) is 0 Å². The summed E-state index contributed by atoms with van der Waals surface area (Å²) < 4.78 is 18.9. The number of carboxylic acid groups (broad SMARTS) is 1. The van der Waals surface area contributed by atoms with Crippen molar-refractivity contribution < 1.29 is 28.6 Å². The molecule has 0 radical (unpaired) electrons. The highest BCUT2D eigenvalue weighted by molar-refractivity contribution is 5.90. The fourth-order valence-electron chi connectivity index (χ4n) is 3.48. The van der Waals surface area contributed by atoms with Gasteiger partial charge in [-0.15, -0.1) is 0 Å². The average Bonchev–Trinajstić information content (AvgIpc) is 2.84. The van der Waals surface area contributed by atoms with E-state index in [0.717, 1.165) is 5.56 Å². The fraction of sp³-hybridized carbons (Fsp3) is 0.222. The van der Waals surface area contributed by atoms with Crippen molar-refractivity contribution in [3.05, 3.63) is 101 Å². The number of rotatable bonds is 11. The molecule has 0 aliphatic rings. The molecular weight excluding hydrogens is 451 g/mol. The Labute approximate surface area is 202 Å². The third-order valence-electron chi connectivity index (χ3n) is 5.27. The van der Waals surface area contributed by atoms with Crippen LogP contribution in [0.1, 0.15) is 23.6 Å². The van der Waals surface area contributed by atoms with Crippen molar-refractivity contribution in [3.8, 4) is 5.75 Å². The Hall–Kier alpha value is -4.20. The molecule has 0 unspecified atom stereocenters. The second-order valence-corrected chi connectivity index (χ2v) is 8.11. The number of benzene rings is 3. The van der Waals surface area contributed by atoms with E-state index in [1.165, 1.54) is 31.2 Å². The highest BCUT2D eigenvalue weighted by Gasteiger charge is 2.26. The van der Waals surface area contributed by atoms with Crippen LogP contribution in [0.15, 0.2) is 78.9 Å². The Morgan fingerprint density at radius 2 is 1.37 bits per heavy atom. The maximum absolute atomic E-state index is 13.2. The molecule has 0 spiro atoms. The molecule has 0 heterocycles. The zero-order valence-corrected chi connectivity index (χ0v) is 19.2. The molecule has 182 valence electrons. The summed E-state index contributed by atoms with van der Waals surface area (Å²) in [5.74, 6) is -2.06. The van der Waals surface area contributed by atoms with Crippen LogP contribution in [0.25, 0.3) is 0 Å². The van der Waals surface area contributed by atoms with Crippen LogP contribution in [0.5, 0.6) is 5.75 Å². The number of carbonyl (C=O) groups excluding carboxylic acids is 2. The lowest BCUT2D eigenvalue weighted by atomic mass is 10.0. The van der Waals surface area contributed by atoms with Gasteiger partial charge in [-0.2, -0.15) is 0 Å². The van der Waals surface area contributed by atoms with Gasteiger partial charge in [-0.3, -0.25) is 9.59 Å². The molecule has 3 aromatic rings. The Bertz CT molecular complexity index is 1130. The molecular formula is C27H27FN2O5. The first-order valence-corrected chi connectivity index (χ1v) is 11.1. The fourth-order valence-corrected chi connectivity index (χ4v) is 3.48. The Morgan fingerprint density at radius 1 is 0.800 bits per heavy atom. The summed E-state index contributed by atoms with van der Waals surface area (Å²) >= 11 is 0. The van der Waals surface area contributed by atoms with Crippen LogP contribution in [0, 0.1) is 5.82 Å². The van der Waals surface area contributed by atoms with E-state index in [1.54, 1.807) is 24.3 Å². The molecule has 0 aliphatic heterocycles. The summed E-state index contributed by atoms with van der Waals surface area (Å²) in [5.41, 5.74) is 2.34.